The number of aryl methyl sites for hydroxylation is 3. The van der Waals surface area contributed by atoms with Gasteiger partial charge in [0.05, 0.1) is 0 Å². The Morgan fingerprint density at radius 1 is 1.00 bits per heavy atom. The maximum absolute atomic E-state index is 6.10. The highest BCUT2D eigenvalue weighted by molar-refractivity contribution is 6.00. The van der Waals surface area contributed by atoms with Crippen molar-refractivity contribution in [3.63, 3.8) is 0 Å². The monoisotopic (exact) mass is 358 g/mol. The number of fused-ring (bicyclic) bond motifs is 4. The second-order valence-corrected chi connectivity index (χ2v) is 7.50. The Morgan fingerprint density at radius 2 is 1.85 bits per heavy atom. The van der Waals surface area contributed by atoms with E-state index < -0.39 is 0 Å². The van der Waals surface area contributed by atoms with Crippen LogP contribution in [0.2, 0.25) is 0 Å². The van der Waals surface area contributed by atoms with Gasteiger partial charge in [-0.3, -0.25) is 0 Å². The predicted octanol–water partition coefficient (Wildman–Crippen LogP) is 3.35. The number of anilines is 2. The Balaban J connectivity index is 1.71. The molecule has 1 aliphatic heterocycles. The smallest absolute Gasteiger partial charge is 0.185 e. The Kier molecular flexibility index (Phi) is 3.37. The fourth-order valence-electron chi connectivity index (χ4n) is 4.20. The van der Waals surface area contributed by atoms with E-state index in [-0.39, 0.29) is 0 Å². The normalized spacial score (nSPS) is 14.1. The van der Waals surface area contributed by atoms with Crippen LogP contribution in [0.25, 0.3) is 16.4 Å². The van der Waals surface area contributed by atoms with E-state index in [1.165, 1.54) is 22.3 Å². The molecule has 4 aromatic rings. The van der Waals surface area contributed by atoms with E-state index in [2.05, 4.69) is 59.3 Å². The van der Waals surface area contributed by atoms with Crippen LogP contribution in [0.3, 0.4) is 0 Å². The minimum Gasteiger partial charge on any atom is -0.399 e. The fourth-order valence-corrected chi connectivity index (χ4v) is 4.20. The van der Waals surface area contributed by atoms with Gasteiger partial charge in [-0.15, -0.1) is 15.3 Å². The molecular weight excluding hydrogens is 336 g/mol. The van der Waals surface area contributed by atoms with Gasteiger partial charge in [-0.2, -0.15) is 4.52 Å². The number of rotatable bonds is 1. The molecule has 0 radical (unpaired) electrons. The number of nitrogens with zero attached hydrogens (tertiary/aromatic N) is 5. The van der Waals surface area contributed by atoms with Gasteiger partial charge in [0.2, 0.25) is 0 Å². The Bertz CT molecular complexity index is 1210. The summed E-state index contributed by atoms with van der Waals surface area (Å²) in [6.07, 6.45) is 0.996. The number of nitrogen functional groups attached to an aromatic ring is 1. The number of aromatic nitrogens is 4. The van der Waals surface area contributed by atoms with Gasteiger partial charge in [0.25, 0.3) is 0 Å². The molecular formula is C21H22N6. The van der Waals surface area contributed by atoms with Crippen molar-refractivity contribution < 1.29 is 0 Å². The summed E-state index contributed by atoms with van der Waals surface area (Å²) in [7, 11) is 0. The molecule has 2 N–H and O–H groups in total. The van der Waals surface area contributed by atoms with Crippen LogP contribution in [-0.2, 0) is 13.0 Å². The van der Waals surface area contributed by atoms with Gasteiger partial charge in [0.1, 0.15) is 0 Å². The minimum absolute atomic E-state index is 0.798. The minimum atomic E-state index is 0.798. The molecule has 0 aliphatic carbocycles. The van der Waals surface area contributed by atoms with E-state index in [9.17, 15) is 0 Å². The van der Waals surface area contributed by atoms with E-state index in [0.29, 0.717) is 0 Å². The second kappa shape index (κ2) is 5.67. The maximum Gasteiger partial charge on any atom is 0.185 e. The Labute approximate surface area is 157 Å². The van der Waals surface area contributed by atoms with Gasteiger partial charge in [0.15, 0.2) is 17.3 Å². The van der Waals surface area contributed by atoms with E-state index in [1.807, 2.05) is 11.4 Å². The van der Waals surface area contributed by atoms with Crippen molar-refractivity contribution in [3.8, 4) is 0 Å². The first kappa shape index (κ1) is 16.1. The van der Waals surface area contributed by atoms with E-state index in [0.717, 1.165) is 53.3 Å². The van der Waals surface area contributed by atoms with Crippen molar-refractivity contribution in [3.05, 3.63) is 58.4 Å². The molecule has 0 spiro atoms. The SMILES string of the molecule is Cc1ccc2c(N3CCc4c(C)cc(N)cc4C3)nn3c(C)nnc3c2c1. The zero-order valence-electron chi connectivity index (χ0n) is 15.8. The highest BCUT2D eigenvalue weighted by Crippen LogP contribution is 2.33. The number of hydrogen-bond donors (Lipinski definition) is 1. The maximum atomic E-state index is 6.10. The molecule has 5 rings (SSSR count). The Morgan fingerprint density at radius 3 is 2.70 bits per heavy atom. The van der Waals surface area contributed by atoms with Crippen molar-refractivity contribution in [2.45, 2.75) is 33.7 Å². The Hall–Kier alpha value is -3.15. The third-order valence-corrected chi connectivity index (χ3v) is 5.53. The van der Waals surface area contributed by atoms with Crippen molar-refractivity contribution in [2.24, 2.45) is 0 Å². The van der Waals surface area contributed by atoms with Crippen molar-refractivity contribution in [2.75, 3.05) is 17.2 Å². The number of benzene rings is 2. The van der Waals surface area contributed by atoms with Crippen molar-refractivity contribution in [1.82, 2.24) is 19.8 Å². The van der Waals surface area contributed by atoms with Crippen molar-refractivity contribution in [1.29, 1.82) is 0 Å². The second-order valence-electron chi connectivity index (χ2n) is 7.50. The van der Waals surface area contributed by atoms with Crippen LogP contribution in [0.15, 0.2) is 30.3 Å². The summed E-state index contributed by atoms with van der Waals surface area (Å²) < 4.78 is 1.86. The third-order valence-electron chi connectivity index (χ3n) is 5.53. The lowest BCUT2D eigenvalue weighted by molar-refractivity contribution is 0.706. The molecule has 0 saturated carbocycles. The van der Waals surface area contributed by atoms with Crippen LogP contribution in [0.5, 0.6) is 0 Å². The highest BCUT2D eigenvalue weighted by Gasteiger charge is 2.23. The summed E-state index contributed by atoms with van der Waals surface area (Å²) in [6, 6.07) is 10.6. The zero-order valence-corrected chi connectivity index (χ0v) is 15.8. The average Bonchev–Trinajstić information content (AvgIpc) is 3.01. The average molecular weight is 358 g/mol. The van der Waals surface area contributed by atoms with Gasteiger partial charge >= 0.3 is 0 Å². The predicted molar refractivity (Wildman–Crippen MR) is 108 cm³/mol. The van der Waals surface area contributed by atoms with Crippen LogP contribution in [0, 0.1) is 20.8 Å². The summed E-state index contributed by atoms with van der Waals surface area (Å²) in [5.41, 5.74) is 12.9. The molecule has 6 heteroatoms. The molecule has 2 aromatic heterocycles. The van der Waals surface area contributed by atoms with Gasteiger partial charge < -0.3 is 10.6 Å². The van der Waals surface area contributed by atoms with Gasteiger partial charge in [-0.1, -0.05) is 17.7 Å². The molecule has 3 heterocycles. The van der Waals surface area contributed by atoms with Crippen LogP contribution in [0.1, 0.15) is 28.1 Å². The molecule has 0 fully saturated rings. The quantitative estimate of drug-likeness (QED) is 0.528. The van der Waals surface area contributed by atoms with Gasteiger partial charge in [-0.25, -0.2) is 0 Å². The number of nitrogens with two attached hydrogens (primary N) is 1. The summed E-state index contributed by atoms with van der Waals surface area (Å²) in [6.45, 7) is 7.92. The molecule has 6 nitrogen and oxygen atoms in total. The van der Waals surface area contributed by atoms with Crippen molar-refractivity contribution >= 4 is 27.9 Å². The molecule has 27 heavy (non-hydrogen) atoms. The van der Waals surface area contributed by atoms with Crippen LogP contribution >= 0.6 is 0 Å². The molecule has 0 amide bonds. The summed E-state index contributed by atoms with van der Waals surface area (Å²) >= 11 is 0. The zero-order chi connectivity index (χ0) is 18.7. The molecule has 0 unspecified atom stereocenters. The van der Waals surface area contributed by atoms with E-state index >= 15 is 0 Å². The van der Waals surface area contributed by atoms with Crippen LogP contribution < -0.4 is 10.6 Å². The third kappa shape index (κ3) is 2.44. The first-order valence-corrected chi connectivity index (χ1v) is 9.26. The molecule has 136 valence electrons. The van der Waals surface area contributed by atoms with Crippen LogP contribution in [-0.4, -0.2) is 26.4 Å². The standard InChI is InChI=1S/C21H22N6/c1-12-4-5-18-19(8-12)20-24-23-14(3)27(20)25-21(18)26-7-6-17-13(2)9-16(22)10-15(17)11-26/h4-5,8-10H,6-7,11,22H2,1-3H3. The molecule has 0 saturated heterocycles. The molecule has 0 bridgehead atoms. The first-order valence-electron chi connectivity index (χ1n) is 9.26. The summed E-state index contributed by atoms with van der Waals surface area (Å²) in [4.78, 5) is 2.34. The topological polar surface area (TPSA) is 72.3 Å². The van der Waals surface area contributed by atoms with Gasteiger partial charge in [0, 0.05) is 29.5 Å². The lowest BCUT2D eigenvalue weighted by atomic mass is 9.94. The highest BCUT2D eigenvalue weighted by atomic mass is 15.4. The molecule has 2 aromatic carbocycles. The van der Waals surface area contributed by atoms with E-state index in [4.69, 9.17) is 10.8 Å². The largest absolute Gasteiger partial charge is 0.399 e. The fraction of sp³-hybridized carbons (Fsp3) is 0.286. The first-order chi connectivity index (χ1) is 13.0. The lowest BCUT2D eigenvalue weighted by Crippen LogP contribution is -2.32. The molecule has 0 atom stereocenters. The van der Waals surface area contributed by atoms with Crippen LogP contribution in [0.4, 0.5) is 11.5 Å². The van der Waals surface area contributed by atoms with Gasteiger partial charge in [-0.05, 0) is 62.1 Å². The number of hydrogen-bond acceptors (Lipinski definition) is 5. The summed E-state index contributed by atoms with van der Waals surface area (Å²) in [5, 5.41) is 15.7. The molecule has 1 aliphatic rings. The van der Waals surface area contributed by atoms with E-state index in [1.54, 1.807) is 0 Å². The lowest BCUT2D eigenvalue weighted by Gasteiger charge is -2.31. The summed E-state index contributed by atoms with van der Waals surface area (Å²) in [5.74, 6) is 1.78.